The number of methoxy groups -OCH3 is 1. The molecule has 1 unspecified atom stereocenters. The highest BCUT2D eigenvalue weighted by Gasteiger charge is 2.21. The molecule has 2 heterocycles. The van der Waals surface area contributed by atoms with Crippen LogP contribution in [0.2, 0.25) is 0 Å². The lowest BCUT2D eigenvalue weighted by atomic mass is 10.2. The van der Waals surface area contributed by atoms with Gasteiger partial charge in [0.2, 0.25) is 0 Å². The fourth-order valence-electron chi connectivity index (χ4n) is 2.61. The second-order valence-corrected chi connectivity index (χ2v) is 5.26. The zero-order valence-electron chi connectivity index (χ0n) is 12.5. The van der Waals surface area contributed by atoms with E-state index < -0.39 is 0 Å². The molecule has 0 saturated carbocycles. The highest BCUT2D eigenvalue weighted by Crippen LogP contribution is 2.20. The van der Waals surface area contributed by atoms with Crippen LogP contribution in [0.3, 0.4) is 0 Å². The molecule has 0 bridgehead atoms. The third-order valence-corrected chi connectivity index (χ3v) is 3.52. The minimum absolute atomic E-state index is 0.380. The second kappa shape index (κ2) is 6.83. The van der Waals surface area contributed by atoms with Gasteiger partial charge in [-0.05, 0) is 26.9 Å². The Hall–Kier alpha value is -1.44. The van der Waals surface area contributed by atoms with Crippen molar-refractivity contribution in [1.29, 1.82) is 0 Å². The molecular formula is C13H24N6O. The van der Waals surface area contributed by atoms with Gasteiger partial charge in [-0.2, -0.15) is 0 Å². The molecule has 1 saturated heterocycles. The largest absolute Gasteiger partial charge is 0.377 e. The van der Waals surface area contributed by atoms with E-state index in [9.17, 15) is 0 Å². The maximum absolute atomic E-state index is 5.49. The number of nitrogens with zero attached hydrogens (tertiary/aromatic N) is 4. The summed E-state index contributed by atoms with van der Waals surface area (Å²) in [5.74, 6) is 7.66. The molecule has 1 aliphatic rings. The van der Waals surface area contributed by atoms with Crippen LogP contribution >= 0.6 is 0 Å². The van der Waals surface area contributed by atoms with Crippen molar-refractivity contribution in [3.8, 4) is 0 Å². The number of ether oxygens (including phenoxy) is 1. The number of rotatable bonds is 4. The van der Waals surface area contributed by atoms with E-state index in [1.165, 1.54) is 0 Å². The van der Waals surface area contributed by atoms with E-state index in [0.717, 1.165) is 31.9 Å². The van der Waals surface area contributed by atoms with Crippen LogP contribution in [0.1, 0.15) is 19.2 Å². The Morgan fingerprint density at radius 3 is 2.95 bits per heavy atom. The molecule has 1 aliphatic heterocycles. The van der Waals surface area contributed by atoms with E-state index in [2.05, 4.69) is 39.2 Å². The number of aromatic nitrogens is 2. The van der Waals surface area contributed by atoms with Crippen molar-refractivity contribution in [2.75, 3.05) is 44.1 Å². The van der Waals surface area contributed by atoms with Crippen molar-refractivity contribution in [2.24, 2.45) is 5.84 Å². The van der Waals surface area contributed by atoms with Gasteiger partial charge in [0.1, 0.15) is 18.2 Å². The minimum atomic E-state index is 0.380. The number of likely N-dealkylation sites (N-methyl/N-ethyl adjacent to an activating group) is 1. The van der Waals surface area contributed by atoms with Gasteiger partial charge in [-0.3, -0.25) is 0 Å². The Morgan fingerprint density at radius 1 is 1.45 bits per heavy atom. The summed E-state index contributed by atoms with van der Waals surface area (Å²) >= 11 is 0. The standard InChI is InChI=1S/C13H24N6O/c1-10-8-18(2)5-4-6-19(10)13-7-11(17-14)15-12(16-13)9-20-3/h7,10H,4-6,8-9,14H2,1-3H3,(H,15,16,17). The van der Waals surface area contributed by atoms with Crippen molar-refractivity contribution in [2.45, 2.75) is 26.0 Å². The molecule has 1 atom stereocenters. The molecular weight excluding hydrogens is 256 g/mol. The van der Waals surface area contributed by atoms with Gasteiger partial charge in [-0.1, -0.05) is 0 Å². The molecule has 0 radical (unpaired) electrons. The van der Waals surface area contributed by atoms with Crippen LogP contribution < -0.4 is 16.2 Å². The second-order valence-electron chi connectivity index (χ2n) is 5.26. The number of nitrogens with two attached hydrogens (primary N) is 1. The van der Waals surface area contributed by atoms with Gasteiger partial charge in [0.05, 0.1) is 0 Å². The number of hydrogen-bond donors (Lipinski definition) is 2. The minimum Gasteiger partial charge on any atom is -0.377 e. The first-order valence-electron chi connectivity index (χ1n) is 6.92. The Morgan fingerprint density at radius 2 is 2.25 bits per heavy atom. The molecule has 1 fully saturated rings. The monoisotopic (exact) mass is 280 g/mol. The van der Waals surface area contributed by atoms with Crippen molar-refractivity contribution in [3.05, 3.63) is 11.9 Å². The fourth-order valence-corrected chi connectivity index (χ4v) is 2.61. The summed E-state index contributed by atoms with van der Waals surface area (Å²) in [5.41, 5.74) is 2.60. The first kappa shape index (κ1) is 15.0. The van der Waals surface area contributed by atoms with Gasteiger partial charge in [0.15, 0.2) is 5.82 Å². The van der Waals surface area contributed by atoms with Crippen LogP contribution in [-0.4, -0.2) is 54.7 Å². The maximum atomic E-state index is 5.49. The molecule has 2 rings (SSSR count). The normalized spacial score (nSPS) is 20.8. The summed E-state index contributed by atoms with van der Waals surface area (Å²) in [5, 5.41) is 0. The number of anilines is 2. The van der Waals surface area contributed by atoms with Crippen molar-refractivity contribution < 1.29 is 4.74 Å². The third-order valence-electron chi connectivity index (χ3n) is 3.52. The molecule has 7 heteroatoms. The quantitative estimate of drug-likeness (QED) is 0.612. The first-order valence-corrected chi connectivity index (χ1v) is 6.92. The lowest BCUT2D eigenvalue weighted by Gasteiger charge is -2.29. The zero-order chi connectivity index (χ0) is 14.5. The number of nitrogens with one attached hydrogen (secondary N) is 1. The Balaban J connectivity index is 2.27. The Labute approximate surface area is 120 Å². The molecule has 7 nitrogen and oxygen atoms in total. The highest BCUT2D eigenvalue weighted by molar-refractivity contribution is 5.49. The van der Waals surface area contributed by atoms with Crippen LogP contribution in [0.4, 0.5) is 11.6 Å². The number of nitrogen functional groups attached to an aromatic ring is 1. The summed E-state index contributed by atoms with van der Waals surface area (Å²) in [6, 6.07) is 2.29. The van der Waals surface area contributed by atoms with E-state index in [1.807, 2.05) is 6.07 Å². The fraction of sp³-hybridized carbons (Fsp3) is 0.692. The van der Waals surface area contributed by atoms with Crippen LogP contribution in [0, 0.1) is 0 Å². The third kappa shape index (κ3) is 3.56. The summed E-state index contributed by atoms with van der Waals surface area (Å²) in [4.78, 5) is 13.5. The van der Waals surface area contributed by atoms with Gasteiger partial charge < -0.3 is 20.0 Å². The Kier molecular flexibility index (Phi) is 5.11. The molecule has 0 aromatic carbocycles. The van der Waals surface area contributed by atoms with Gasteiger partial charge in [-0.25, -0.2) is 15.8 Å². The van der Waals surface area contributed by atoms with Crippen molar-refractivity contribution in [3.63, 3.8) is 0 Å². The SMILES string of the molecule is COCc1nc(NN)cc(N2CCCN(C)CC2C)n1. The average molecular weight is 280 g/mol. The summed E-state index contributed by atoms with van der Waals surface area (Å²) in [6.45, 7) is 5.72. The molecule has 1 aromatic rings. The molecule has 0 spiro atoms. The maximum Gasteiger partial charge on any atom is 0.158 e. The average Bonchev–Trinajstić information content (AvgIpc) is 2.59. The number of hydrazine groups is 1. The summed E-state index contributed by atoms with van der Waals surface area (Å²) < 4.78 is 5.12. The van der Waals surface area contributed by atoms with Gasteiger partial charge in [-0.15, -0.1) is 0 Å². The van der Waals surface area contributed by atoms with Crippen LogP contribution in [0.15, 0.2) is 6.07 Å². The van der Waals surface area contributed by atoms with Crippen LogP contribution in [-0.2, 0) is 11.3 Å². The number of hydrogen-bond acceptors (Lipinski definition) is 7. The highest BCUT2D eigenvalue weighted by atomic mass is 16.5. The van der Waals surface area contributed by atoms with Crippen molar-refractivity contribution >= 4 is 11.6 Å². The van der Waals surface area contributed by atoms with Gasteiger partial charge in [0, 0.05) is 32.3 Å². The lowest BCUT2D eigenvalue weighted by Crippen LogP contribution is -2.38. The van der Waals surface area contributed by atoms with Crippen LogP contribution in [0.5, 0.6) is 0 Å². The Bertz CT molecular complexity index is 441. The van der Waals surface area contributed by atoms with E-state index in [1.54, 1.807) is 7.11 Å². The summed E-state index contributed by atoms with van der Waals surface area (Å²) in [6.07, 6.45) is 1.12. The van der Waals surface area contributed by atoms with E-state index in [0.29, 0.717) is 24.3 Å². The topological polar surface area (TPSA) is 79.5 Å². The van der Waals surface area contributed by atoms with Gasteiger partial charge in [0.25, 0.3) is 0 Å². The predicted molar refractivity (Wildman–Crippen MR) is 79.5 cm³/mol. The van der Waals surface area contributed by atoms with E-state index in [-0.39, 0.29) is 0 Å². The predicted octanol–water partition coefficient (Wildman–Crippen LogP) is 0.439. The molecule has 20 heavy (non-hydrogen) atoms. The smallest absolute Gasteiger partial charge is 0.158 e. The van der Waals surface area contributed by atoms with Crippen molar-refractivity contribution in [1.82, 2.24) is 14.9 Å². The molecule has 0 aliphatic carbocycles. The van der Waals surface area contributed by atoms with Gasteiger partial charge >= 0.3 is 0 Å². The molecule has 112 valence electrons. The van der Waals surface area contributed by atoms with Crippen LogP contribution in [0.25, 0.3) is 0 Å². The first-order chi connectivity index (χ1) is 9.63. The molecule has 3 N–H and O–H groups in total. The lowest BCUT2D eigenvalue weighted by molar-refractivity contribution is 0.178. The zero-order valence-corrected chi connectivity index (χ0v) is 12.5. The van der Waals surface area contributed by atoms with E-state index in [4.69, 9.17) is 10.6 Å². The summed E-state index contributed by atoms with van der Waals surface area (Å²) in [7, 11) is 3.79. The van der Waals surface area contributed by atoms with E-state index >= 15 is 0 Å². The molecule has 1 aromatic heterocycles. The molecule has 0 amide bonds.